The smallest absolute Gasteiger partial charge is 0.262 e. The van der Waals surface area contributed by atoms with Crippen molar-refractivity contribution in [1.29, 1.82) is 0 Å². The summed E-state index contributed by atoms with van der Waals surface area (Å²) in [5, 5.41) is 2.89. The van der Waals surface area contributed by atoms with Crippen LogP contribution in [0.3, 0.4) is 0 Å². The van der Waals surface area contributed by atoms with Gasteiger partial charge in [0.2, 0.25) is 11.8 Å². The van der Waals surface area contributed by atoms with Crippen molar-refractivity contribution in [2.75, 3.05) is 18.9 Å². The number of halogens is 1. The van der Waals surface area contributed by atoms with Gasteiger partial charge < -0.3 is 10.1 Å². The van der Waals surface area contributed by atoms with Gasteiger partial charge in [-0.1, -0.05) is 13.0 Å². The number of amides is 1. The highest BCUT2D eigenvalue weighted by molar-refractivity contribution is 7.92. The van der Waals surface area contributed by atoms with Gasteiger partial charge in [-0.05, 0) is 48.0 Å². The Labute approximate surface area is 212 Å². The SMILES string of the molecule is CNC(=O)[C@@H](C)Cn1cnc2ccc(-c3cnc(OC)c(NS(=O)(=O)c4ccc(F)cc4)c3)cc2c1=O. The number of nitrogens with zero attached hydrogens (tertiary/aromatic N) is 3. The van der Waals surface area contributed by atoms with E-state index in [4.69, 9.17) is 4.74 Å². The number of aromatic nitrogens is 3. The van der Waals surface area contributed by atoms with Crippen molar-refractivity contribution in [3.05, 3.63) is 77.2 Å². The first-order chi connectivity index (χ1) is 17.6. The number of benzene rings is 2. The fraction of sp³-hybridized carbons (Fsp3) is 0.200. The number of carbonyl (C=O) groups is 1. The maximum Gasteiger partial charge on any atom is 0.262 e. The van der Waals surface area contributed by atoms with Crippen molar-refractivity contribution in [2.24, 2.45) is 5.92 Å². The highest BCUT2D eigenvalue weighted by Crippen LogP contribution is 2.31. The van der Waals surface area contributed by atoms with Gasteiger partial charge >= 0.3 is 0 Å². The lowest BCUT2D eigenvalue weighted by Gasteiger charge is -2.14. The Kier molecular flexibility index (Phi) is 7.21. The van der Waals surface area contributed by atoms with Crippen LogP contribution in [0.1, 0.15) is 6.92 Å². The van der Waals surface area contributed by atoms with E-state index < -0.39 is 21.8 Å². The predicted molar refractivity (Wildman–Crippen MR) is 136 cm³/mol. The Hall–Kier alpha value is -4.32. The first-order valence-electron chi connectivity index (χ1n) is 11.2. The molecule has 0 fully saturated rings. The van der Waals surface area contributed by atoms with Crippen LogP contribution in [0.25, 0.3) is 22.0 Å². The summed E-state index contributed by atoms with van der Waals surface area (Å²) < 4.78 is 48.0. The minimum Gasteiger partial charge on any atom is -0.480 e. The van der Waals surface area contributed by atoms with Gasteiger partial charge in [0.1, 0.15) is 11.5 Å². The van der Waals surface area contributed by atoms with E-state index in [-0.39, 0.29) is 34.5 Å². The van der Waals surface area contributed by atoms with Crippen molar-refractivity contribution < 1.29 is 22.3 Å². The van der Waals surface area contributed by atoms with Crippen LogP contribution in [0, 0.1) is 11.7 Å². The summed E-state index contributed by atoms with van der Waals surface area (Å²) in [5.74, 6) is -1.16. The van der Waals surface area contributed by atoms with E-state index in [1.165, 1.54) is 37.3 Å². The number of hydrogen-bond acceptors (Lipinski definition) is 7. The number of hydrogen-bond donors (Lipinski definition) is 2. The fourth-order valence-electron chi connectivity index (χ4n) is 3.76. The number of sulfonamides is 1. The molecule has 0 unspecified atom stereocenters. The molecule has 37 heavy (non-hydrogen) atoms. The Balaban J connectivity index is 1.72. The average Bonchev–Trinajstić information content (AvgIpc) is 2.89. The molecule has 10 nitrogen and oxygen atoms in total. The molecule has 12 heteroatoms. The van der Waals surface area contributed by atoms with Crippen LogP contribution in [-0.2, 0) is 21.4 Å². The van der Waals surface area contributed by atoms with E-state index in [1.807, 2.05) is 0 Å². The third kappa shape index (κ3) is 5.43. The highest BCUT2D eigenvalue weighted by atomic mass is 32.2. The van der Waals surface area contributed by atoms with E-state index >= 15 is 0 Å². The van der Waals surface area contributed by atoms with Gasteiger partial charge in [-0.25, -0.2) is 22.8 Å². The van der Waals surface area contributed by atoms with Crippen LogP contribution >= 0.6 is 0 Å². The number of nitrogens with one attached hydrogen (secondary N) is 2. The van der Waals surface area contributed by atoms with Gasteiger partial charge in [0.15, 0.2) is 0 Å². The molecule has 0 saturated carbocycles. The molecule has 1 amide bonds. The quantitative estimate of drug-likeness (QED) is 0.362. The van der Waals surface area contributed by atoms with Gasteiger partial charge in [-0.15, -0.1) is 0 Å². The van der Waals surface area contributed by atoms with Gasteiger partial charge in [0.25, 0.3) is 15.6 Å². The first-order valence-corrected chi connectivity index (χ1v) is 12.6. The lowest BCUT2D eigenvalue weighted by atomic mass is 10.0. The monoisotopic (exact) mass is 525 g/mol. The van der Waals surface area contributed by atoms with Crippen LogP contribution in [-0.4, -0.2) is 43.0 Å². The Morgan fingerprint density at radius 3 is 2.51 bits per heavy atom. The van der Waals surface area contributed by atoms with Crippen LogP contribution < -0.4 is 20.3 Å². The zero-order chi connectivity index (χ0) is 26.7. The first kappa shape index (κ1) is 25.8. The largest absolute Gasteiger partial charge is 0.480 e. The fourth-order valence-corrected chi connectivity index (χ4v) is 4.80. The molecule has 2 aromatic heterocycles. The molecule has 0 radical (unpaired) electrons. The molecule has 0 aliphatic rings. The van der Waals surface area contributed by atoms with Crippen LogP contribution in [0.15, 0.2) is 70.7 Å². The number of rotatable bonds is 8. The number of methoxy groups -OCH3 is 1. The second-order valence-corrected chi connectivity index (χ2v) is 9.97. The Bertz CT molecular complexity index is 1640. The number of pyridine rings is 1. The van der Waals surface area contributed by atoms with Crippen molar-refractivity contribution >= 4 is 32.5 Å². The summed E-state index contributed by atoms with van der Waals surface area (Å²) >= 11 is 0. The molecule has 0 bridgehead atoms. The van der Waals surface area contributed by atoms with Crippen molar-refractivity contribution in [3.8, 4) is 17.0 Å². The van der Waals surface area contributed by atoms with Crippen molar-refractivity contribution in [2.45, 2.75) is 18.4 Å². The summed E-state index contributed by atoms with van der Waals surface area (Å²) in [4.78, 5) is 33.4. The molecule has 0 spiro atoms. The minimum atomic E-state index is -4.06. The average molecular weight is 526 g/mol. The molecular weight excluding hydrogens is 501 g/mol. The molecule has 2 aromatic carbocycles. The molecule has 0 aliphatic carbocycles. The highest BCUT2D eigenvalue weighted by Gasteiger charge is 2.19. The molecule has 4 rings (SSSR count). The normalized spacial score (nSPS) is 12.2. The molecule has 192 valence electrons. The van der Waals surface area contributed by atoms with E-state index in [0.717, 1.165) is 24.3 Å². The third-order valence-electron chi connectivity index (χ3n) is 5.73. The van der Waals surface area contributed by atoms with E-state index in [1.54, 1.807) is 25.1 Å². The zero-order valence-corrected chi connectivity index (χ0v) is 21.0. The molecular formula is C25H24FN5O5S. The maximum absolute atomic E-state index is 13.2. The summed E-state index contributed by atoms with van der Waals surface area (Å²) in [7, 11) is -1.18. The second-order valence-electron chi connectivity index (χ2n) is 8.29. The zero-order valence-electron chi connectivity index (χ0n) is 20.2. The Morgan fingerprint density at radius 2 is 1.84 bits per heavy atom. The molecule has 0 saturated heterocycles. The van der Waals surface area contributed by atoms with E-state index in [9.17, 15) is 22.4 Å². The number of carbonyl (C=O) groups excluding carboxylic acids is 1. The Morgan fingerprint density at radius 1 is 1.11 bits per heavy atom. The van der Waals surface area contributed by atoms with Gasteiger partial charge in [0, 0.05) is 25.4 Å². The molecule has 0 aliphatic heterocycles. The van der Waals surface area contributed by atoms with Crippen molar-refractivity contribution in [1.82, 2.24) is 19.9 Å². The standard InChI is InChI=1S/C25H24FN5O5S/c1-15(23(32)27-2)13-31-14-29-21-9-4-16(10-20(21)25(31)33)17-11-22(24(36-3)28-12-17)30-37(34,35)19-7-5-18(26)6-8-19/h4-12,14-15,30H,13H2,1-3H3,(H,27,32)/t15-/m0/s1. The van der Waals surface area contributed by atoms with Gasteiger partial charge in [-0.2, -0.15) is 0 Å². The summed E-state index contributed by atoms with van der Waals surface area (Å²) in [6.45, 7) is 1.87. The van der Waals surface area contributed by atoms with Crippen molar-refractivity contribution in [3.63, 3.8) is 0 Å². The summed E-state index contributed by atoms with van der Waals surface area (Å²) in [6, 6.07) is 10.9. The molecule has 4 aromatic rings. The molecule has 2 N–H and O–H groups in total. The molecule has 1 atom stereocenters. The third-order valence-corrected chi connectivity index (χ3v) is 7.12. The lowest BCUT2D eigenvalue weighted by molar-refractivity contribution is -0.124. The lowest BCUT2D eigenvalue weighted by Crippen LogP contribution is -2.32. The van der Waals surface area contributed by atoms with Crippen LogP contribution in [0.2, 0.25) is 0 Å². The molecule has 2 heterocycles. The van der Waals surface area contributed by atoms with E-state index in [2.05, 4.69) is 20.0 Å². The number of fused-ring (bicyclic) bond motifs is 1. The number of ether oxygens (including phenoxy) is 1. The summed E-state index contributed by atoms with van der Waals surface area (Å²) in [5.41, 5.74) is 1.30. The van der Waals surface area contributed by atoms with Gasteiger partial charge in [-0.3, -0.25) is 18.9 Å². The maximum atomic E-state index is 13.2. The second kappa shape index (κ2) is 10.3. The van der Waals surface area contributed by atoms with Crippen LogP contribution in [0.4, 0.5) is 10.1 Å². The predicted octanol–water partition coefficient (Wildman–Crippen LogP) is 2.79. The van der Waals surface area contributed by atoms with E-state index in [0.29, 0.717) is 22.0 Å². The minimum absolute atomic E-state index is 0.0300. The van der Waals surface area contributed by atoms with Crippen LogP contribution in [0.5, 0.6) is 5.88 Å². The van der Waals surface area contributed by atoms with Gasteiger partial charge in [0.05, 0.1) is 35.2 Å². The topological polar surface area (TPSA) is 132 Å². The number of anilines is 1. The summed E-state index contributed by atoms with van der Waals surface area (Å²) in [6.07, 6.45) is 2.89.